The van der Waals surface area contributed by atoms with Crippen molar-refractivity contribution < 1.29 is 0 Å². The Balaban J connectivity index is 2.04. The minimum atomic E-state index is 0.528. The highest BCUT2D eigenvalue weighted by molar-refractivity contribution is 7.12. The van der Waals surface area contributed by atoms with Gasteiger partial charge in [0.2, 0.25) is 0 Å². The fraction of sp³-hybridized carbons (Fsp3) is 0.455. The first kappa shape index (κ1) is 10.4. The van der Waals surface area contributed by atoms with E-state index in [9.17, 15) is 0 Å². The summed E-state index contributed by atoms with van der Waals surface area (Å²) in [5.74, 6) is 0.528. The standard InChI is InChI=1S/C11H15N3S/c1-3-10-4-5-11(15-10)8(2)6-9-7-12-14-13-9/h4-5,7-8H,3,6H2,1-2H3,(H,12,13,14). The molecule has 0 aliphatic carbocycles. The molecule has 80 valence electrons. The van der Waals surface area contributed by atoms with Gasteiger partial charge in [-0.15, -0.1) is 11.3 Å². The molecule has 2 rings (SSSR count). The summed E-state index contributed by atoms with van der Waals surface area (Å²) < 4.78 is 0. The van der Waals surface area contributed by atoms with Crippen LogP contribution in [0.2, 0.25) is 0 Å². The molecule has 4 heteroatoms. The van der Waals surface area contributed by atoms with E-state index in [1.54, 1.807) is 6.20 Å². The average Bonchev–Trinajstić information content (AvgIpc) is 2.86. The number of nitrogens with one attached hydrogen (secondary N) is 1. The molecule has 2 aromatic heterocycles. The fourth-order valence-corrected chi connectivity index (χ4v) is 2.59. The average molecular weight is 221 g/mol. The van der Waals surface area contributed by atoms with Gasteiger partial charge in [0.15, 0.2) is 0 Å². The summed E-state index contributed by atoms with van der Waals surface area (Å²) in [6.45, 7) is 4.43. The number of nitrogens with zero attached hydrogens (tertiary/aromatic N) is 2. The third-order valence-corrected chi connectivity index (χ3v) is 3.96. The van der Waals surface area contributed by atoms with Crippen molar-refractivity contribution in [3.8, 4) is 0 Å². The van der Waals surface area contributed by atoms with Gasteiger partial charge in [-0.25, -0.2) is 0 Å². The molecule has 15 heavy (non-hydrogen) atoms. The normalized spacial score (nSPS) is 12.9. The number of hydrogen-bond donors (Lipinski definition) is 1. The second kappa shape index (κ2) is 4.57. The first-order valence-corrected chi connectivity index (χ1v) is 6.04. The summed E-state index contributed by atoms with van der Waals surface area (Å²) in [6, 6.07) is 4.45. The Bertz CT molecular complexity index is 405. The summed E-state index contributed by atoms with van der Waals surface area (Å²) in [6.07, 6.45) is 3.88. The Kier molecular flexibility index (Phi) is 3.16. The number of rotatable bonds is 4. The van der Waals surface area contributed by atoms with Crippen LogP contribution < -0.4 is 0 Å². The summed E-state index contributed by atoms with van der Waals surface area (Å²) in [5, 5.41) is 10.5. The molecule has 0 radical (unpaired) electrons. The van der Waals surface area contributed by atoms with Crippen LogP contribution in [0, 0.1) is 0 Å². The van der Waals surface area contributed by atoms with E-state index in [4.69, 9.17) is 0 Å². The first-order valence-electron chi connectivity index (χ1n) is 5.23. The molecule has 0 aliphatic rings. The van der Waals surface area contributed by atoms with Gasteiger partial charge in [0.25, 0.3) is 0 Å². The molecule has 0 aliphatic heterocycles. The number of thiophene rings is 1. The maximum Gasteiger partial charge on any atom is 0.0830 e. The molecule has 2 aromatic rings. The van der Waals surface area contributed by atoms with Crippen LogP contribution in [0.5, 0.6) is 0 Å². The monoisotopic (exact) mass is 221 g/mol. The van der Waals surface area contributed by atoms with Gasteiger partial charge in [-0.3, -0.25) is 0 Å². The van der Waals surface area contributed by atoms with Crippen LogP contribution in [-0.2, 0) is 12.8 Å². The molecule has 3 nitrogen and oxygen atoms in total. The minimum absolute atomic E-state index is 0.528. The molecule has 0 amide bonds. The van der Waals surface area contributed by atoms with E-state index in [0.717, 1.165) is 18.5 Å². The van der Waals surface area contributed by atoms with E-state index in [0.29, 0.717) is 5.92 Å². The van der Waals surface area contributed by atoms with E-state index in [1.165, 1.54) is 9.75 Å². The van der Waals surface area contributed by atoms with E-state index in [2.05, 4.69) is 41.4 Å². The Hall–Kier alpha value is -1.16. The molecular weight excluding hydrogens is 206 g/mol. The molecule has 0 saturated carbocycles. The molecule has 0 aromatic carbocycles. The van der Waals surface area contributed by atoms with E-state index >= 15 is 0 Å². The summed E-state index contributed by atoms with van der Waals surface area (Å²) >= 11 is 1.90. The SMILES string of the molecule is CCc1ccc(C(C)Cc2cn[nH]n2)s1. The summed E-state index contributed by atoms with van der Waals surface area (Å²) in [7, 11) is 0. The Labute approximate surface area is 93.5 Å². The second-order valence-corrected chi connectivity index (χ2v) is 4.92. The number of aryl methyl sites for hydroxylation is 1. The van der Waals surface area contributed by atoms with E-state index < -0.39 is 0 Å². The molecule has 0 spiro atoms. The maximum atomic E-state index is 4.08. The zero-order chi connectivity index (χ0) is 10.7. The topological polar surface area (TPSA) is 41.6 Å². The lowest BCUT2D eigenvalue weighted by Crippen LogP contribution is -1.96. The predicted molar refractivity (Wildman–Crippen MR) is 62.2 cm³/mol. The van der Waals surface area contributed by atoms with Crippen molar-refractivity contribution in [3.05, 3.63) is 33.8 Å². The lowest BCUT2D eigenvalue weighted by atomic mass is 10.0. The largest absolute Gasteiger partial charge is 0.198 e. The van der Waals surface area contributed by atoms with Gasteiger partial charge in [0, 0.05) is 16.2 Å². The van der Waals surface area contributed by atoms with Crippen molar-refractivity contribution in [3.63, 3.8) is 0 Å². The maximum absolute atomic E-state index is 4.08. The van der Waals surface area contributed by atoms with Crippen LogP contribution >= 0.6 is 11.3 Å². The van der Waals surface area contributed by atoms with Crippen molar-refractivity contribution in [2.24, 2.45) is 0 Å². The van der Waals surface area contributed by atoms with Gasteiger partial charge in [-0.05, 0) is 24.5 Å². The Morgan fingerprint density at radius 1 is 1.47 bits per heavy atom. The van der Waals surface area contributed by atoms with Gasteiger partial charge >= 0.3 is 0 Å². The fourth-order valence-electron chi connectivity index (χ4n) is 1.59. The van der Waals surface area contributed by atoms with Gasteiger partial charge < -0.3 is 0 Å². The predicted octanol–water partition coefficient (Wildman–Crippen LogP) is 2.77. The molecule has 1 N–H and O–H groups in total. The lowest BCUT2D eigenvalue weighted by molar-refractivity contribution is 0.749. The van der Waals surface area contributed by atoms with E-state index in [1.807, 2.05) is 11.3 Å². The van der Waals surface area contributed by atoms with Gasteiger partial charge in [-0.1, -0.05) is 13.8 Å². The van der Waals surface area contributed by atoms with Crippen LogP contribution in [0.1, 0.15) is 35.2 Å². The lowest BCUT2D eigenvalue weighted by Gasteiger charge is -2.05. The Morgan fingerprint density at radius 3 is 2.93 bits per heavy atom. The molecular formula is C11H15N3S. The zero-order valence-electron chi connectivity index (χ0n) is 9.03. The third-order valence-electron chi connectivity index (χ3n) is 2.50. The molecule has 2 heterocycles. The quantitative estimate of drug-likeness (QED) is 0.862. The second-order valence-electron chi connectivity index (χ2n) is 3.72. The van der Waals surface area contributed by atoms with Crippen LogP contribution in [0.3, 0.4) is 0 Å². The zero-order valence-corrected chi connectivity index (χ0v) is 9.84. The number of hydrogen-bond acceptors (Lipinski definition) is 3. The highest BCUT2D eigenvalue weighted by Crippen LogP contribution is 2.27. The van der Waals surface area contributed by atoms with E-state index in [-0.39, 0.29) is 0 Å². The van der Waals surface area contributed by atoms with Crippen molar-refractivity contribution in [1.29, 1.82) is 0 Å². The Morgan fingerprint density at radius 2 is 2.33 bits per heavy atom. The number of aromatic nitrogens is 3. The summed E-state index contributed by atoms with van der Waals surface area (Å²) in [5.41, 5.74) is 1.04. The highest BCUT2D eigenvalue weighted by Gasteiger charge is 2.10. The van der Waals surface area contributed by atoms with Crippen LogP contribution in [0.4, 0.5) is 0 Å². The first-order chi connectivity index (χ1) is 7.29. The molecule has 0 bridgehead atoms. The van der Waals surface area contributed by atoms with Crippen LogP contribution in [-0.4, -0.2) is 15.4 Å². The highest BCUT2D eigenvalue weighted by atomic mass is 32.1. The smallest absolute Gasteiger partial charge is 0.0830 e. The van der Waals surface area contributed by atoms with Crippen molar-refractivity contribution in [1.82, 2.24) is 15.4 Å². The number of H-pyrrole nitrogens is 1. The summed E-state index contributed by atoms with van der Waals surface area (Å²) in [4.78, 5) is 2.90. The molecule has 0 saturated heterocycles. The van der Waals surface area contributed by atoms with Crippen LogP contribution in [0.25, 0.3) is 0 Å². The van der Waals surface area contributed by atoms with Gasteiger partial charge in [0.1, 0.15) is 0 Å². The molecule has 1 unspecified atom stereocenters. The van der Waals surface area contributed by atoms with Gasteiger partial charge in [0.05, 0.1) is 11.9 Å². The number of aromatic amines is 1. The van der Waals surface area contributed by atoms with Crippen molar-refractivity contribution in [2.75, 3.05) is 0 Å². The minimum Gasteiger partial charge on any atom is -0.198 e. The van der Waals surface area contributed by atoms with Gasteiger partial charge in [-0.2, -0.15) is 15.4 Å². The van der Waals surface area contributed by atoms with Crippen molar-refractivity contribution in [2.45, 2.75) is 32.6 Å². The van der Waals surface area contributed by atoms with Crippen molar-refractivity contribution >= 4 is 11.3 Å². The third kappa shape index (κ3) is 2.45. The molecule has 1 atom stereocenters. The molecule has 0 fully saturated rings. The van der Waals surface area contributed by atoms with Crippen LogP contribution in [0.15, 0.2) is 18.3 Å².